The molecule has 0 aromatic heterocycles. The van der Waals surface area contributed by atoms with Crippen LogP contribution in [0.3, 0.4) is 0 Å². The van der Waals surface area contributed by atoms with Crippen molar-refractivity contribution in [2.45, 2.75) is 39.3 Å². The zero-order valence-electron chi connectivity index (χ0n) is 13.3. The van der Waals surface area contributed by atoms with Crippen LogP contribution in [0.15, 0.2) is 12.1 Å². The van der Waals surface area contributed by atoms with Gasteiger partial charge >= 0.3 is 6.18 Å². The average Bonchev–Trinajstić information content (AvgIpc) is 2.44. The lowest BCUT2D eigenvalue weighted by atomic mass is 10.1. The van der Waals surface area contributed by atoms with Gasteiger partial charge in [-0.3, -0.25) is 20.2 Å². The van der Waals surface area contributed by atoms with E-state index in [-0.39, 0.29) is 5.69 Å². The highest BCUT2D eigenvalue weighted by Crippen LogP contribution is 2.40. The quantitative estimate of drug-likeness (QED) is 0.517. The highest BCUT2D eigenvalue weighted by molar-refractivity contribution is 5.76. The number of benzene rings is 1. The normalized spacial score (nSPS) is 11.4. The predicted molar refractivity (Wildman–Crippen MR) is 82.3 cm³/mol. The minimum absolute atomic E-state index is 0.236. The maximum absolute atomic E-state index is 12.6. The van der Waals surface area contributed by atoms with E-state index in [4.69, 9.17) is 0 Å². The number of anilines is 1. The summed E-state index contributed by atoms with van der Waals surface area (Å²) in [5.74, 6) is 0. The minimum Gasteiger partial charge on any atom is -0.360 e. The summed E-state index contributed by atoms with van der Waals surface area (Å²) in [4.78, 5) is 22.3. The van der Waals surface area contributed by atoms with Gasteiger partial charge in [0.05, 0.1) is 16.3 Å². The van der Waals surface area contributed by atoms with Crippen LogP contribution in [0.1, 0.15) is 32.3 Å². The van der Waals surface area contributed by atoms with E-state index >= 15 is 0 Å². The summed E-state index contributed by atoms with van der Waals surface area (Å²) < 4.78 is 37.7. The molecule has 10 heteroatoms. The van der Waals surface area contributed by atoms with E-state index in [0.717, 1.165) is 12.1 Å². The van der Waals surface area contributed by atoms with E-state index in [1.165, 1.54) is 4.90 Å². The van der Waals surface area contributed by atoms with Crippen molar-refractivity contribution in [2.24, 2.45) is 0 Å². The Kier molecular flexibility index (Phi) is 6.50. The standard InChI is InChI=1S/C14H18F3N3O4/c1-3-5-18(6-4-2)13-11(19(21)22)7-10(9-14(15,16)17)8-12(13)20(23)24/h7-8H,3-6,9H2,1-2H3. The predicted octanol–water partition coefficient (Wildman–Crippen LogP) is 4.23. The van der Waals surface area contributed by atoms with Gasteiger partial charge in [-0.1, -0.05) is 13.8 Å². The Morgan fingerprint density at radius 1 is 1.00 bits per heavy atom. The van der Waals surface area contributed by atoms with Crippen LogP contribution >= 0.6 is 0 Å². The molecule has 0 amide bonds. The lowest BCUT2D eigenvalue weighted by Gasteiger charge is -2.23. The zero-order chi connectivity index (χ0) is 18.5. The fourth-order valence-electron chi connectivity index (χ4n) is 2.47. The van der Waals surface area contributed by atoms with Crippen molar-refractivity contribution < 1.29 is 23.0 Å². The van der Waals surface area contributed by atoms with Crippen molar-refractivity contribution in [3.63, 3.8) is 0 Å². The van der Waals surface area contributed by atoms with Gasteiger partial charge in [-0.2, -0.15) is 13.2 Å². The summed E-state index contributed by atoms with van der Waals surface area (Å²) in [6.07, 6.45) is -4.91. The molecule has 0 aliphatic carbocycles. The molecule has 1 aromatic carbocycles. The number of hydrogen-bond acceptors (Lipinski definition) is 5. The third-order valence-electron chi connectivity index (χ3n) is 3.23. The second kappa shape index (κ2) is 7.93. The number of rotatable bonds is 8. The van der Waals surface area contributed by atoms with Crippen molar-refractivity contribution in [2.75, 3.05) is 18.0 Å². The smallest absolute Gasteiger partial charge is 0.360 e. The number of nitro groups is 2. The Hall–Kier alpha value is -2.39. The molecule has 0 aliphatic rings. The third-order valence-corrected chi connectivity index (χ3v) is 3.23. The molecule has 1 rings (SSSR count). The van der Waals surface area contributed by atoms with Crippen molar-refractivity contribution in [3.05, 3.63) is 37.9 Å². The molecule has 0 fully saturated rings. The van der Waals surface area contributed by atoms with E-state index in [0.29, 0.717) is 25.9 Å². The van der Waals surface area contributed by atoms with Gasteiger partial charge in [-0.05, 0) is 18.4 Å². The molecule has 0 aliphatic heterocycles. The Labute approximate surface area is 136 Å². The molecule has 0 N–H and O–H groups in total. The van der Waals surface area contributed by atoms with Crippen LogP contribution in [0.4, 0.5) is 30.2 Å². The number of nitrogens with zero attached hydrogens (tertiary/aromatic N) is 3. The fraction of sp³-hybridized carbons (Fsp3) is 0.571. The molecule has 0 saturated heterocycles. The van der Waals surface area contributed by atoms with Gasteiger partial charge in [-0.25, -0.2) is 0 Å². The SMILES string of the molecule is CCCN(CCC)c1c([N+](=O)[O-])cc(CC(F)(F)F)cc1[N+](=O)[O-]. The van der Waals surface area contributed by atoms with Gasteiger partial charge in [0.15, 0.2) is 5.69 Å². The maximum atomic E-state index is 12.6. The molecule has 134 valence electrons. The van der Waals surface area contributed by atoms with E-state index in [1.54, 1.807) is 13.8 Å². The Bertz CT molecular complexity index is 579. The summed E-state index contributed by atoms with van der Waals surface area (Å²) in [6, 6.07) is 1.54. The Balaban J connectivity index is 3.59. The Morgan fingerprint density at radius 2 is 1.42 bits per heavy atom. The van der Waals surface area contributed by atoms with Gasteiger partial charge in [0.25, 0.3) is 11.4 Å². The van der Waals surface area contributed by atoms with Crippen LogP contribution in [0.5, 0.6) is 0 Å². The van der Waals surface area contributed by atoms with Crippen LogP contribution in [0.25, 0.3) is 0 Å². The third kappa shape index (κ3) is 5.07. The molecule has 0 saturated carbocycles. The lowest BCUT2D eigenvalue weighted by Crippen LogP contribution is -2.27. The highest BCUT2D eigenvalue weighted by atomic mass is 19.4. The number of alkyl halides is 3. The van der Waals surface area contributed by atoms with Gasteiger partial charge < -0.3 is 4.90 Å². The van der Waals surface area contributed by atoms with Crippen LogP contribution in [0, 0.1) is 20.2 Å². The van der Waals surface area contributed by atoms with Crippen LogP contribution in [-0.2, 0) is 6.42 Å². The molecular formula is C14H18F3N3O4. The Morgan fingerprint density at radius 3 is 1.71 bits per heavy atom. The maximum Gasteiger partial charge on any atom is 0.393 e. The summed E-state index contributed by atoms with van der Waals surface area (Å²) in [5, 5.41) is 22.6. The first-order valence-electron chi connectivity index (χ1n) is 7.38. The molecule has 0 unspecified atom stereocenters. The lowest BCUT2D eigenvalue weighted by molar-refractivity contribution is -0.392. The molecule has 0 atom stereocenters. The minimum atomic E-state index is -4.62. The zero-order valence-corrected chi connectivity index (χ0v) is 13.3. The molecular weight excluding hydrogens is 331 g/mol. The van der Waals surface area contributed by atoms with Crippen LogP contribution in [-0.4, -0.2) is 29.1 Å². The first-order chi connectivity index (χ1) is 11.1. The van der Waals surface area contributed by atoms with E-state index in [2.05, 4.69) is 0 Å². The molecule has 0 bridgehead atoms. The summed E-state index contributed by atoms with van der Waals surface area (Å²) in [6.45, 7) is 4.26. The highest BCUT2D eigenvalue weighted by Gasteiger charge is 2.34. The summed E-state index contributed by atoms with van der Waals surface area (Å²) in [5.41, 5.74) is -2.09. The second-order valence-electron chi connectivity index (χ2n) is 5.28. The van der Waals surface area contributed by atoms with Crippen molar-refractivity contribution in [1.82, 2.24) is 0 Å². The van der Waals surface area contributed by atoms with E-state index < -0.39 is 39.4 Å². The molecule has 0 heterocycles. The van der Waals surface area contributed by atoms with Crippen LogP contribution < -0.4 is 4.90 Å². The summed E-state index contributed by atoms with van der Waals surface area (Å²) in [7, 11) is 0. The second-order valence-corrected chi connectivity index (χ2v) is 5.28. The topological polar surface area (TPSA) is 89.5 Å². The fourth-order valence-corrected chi connectivity index (χ4v) is 2.47. The van der Waals surface area contributed by atoms with Crippen molar-refractivity contribution >= 4 is 17.1 Å². The van der Waals surface area contributed by atoms with Gasteiger partial charge in [0.2, 0.25) is 0 Å². The summed E-state index contributed by atoms with van der Waals surface area (Å²) >= 11 is 0. The number of halogens is 3. The van der Waals surface area contributed by atoms with Gasteiger partial charge in [-0.15, -0.1) is 0 Å². The molecule has 1 aromatic rings. The largest absolute Gasteiger partial charge is 0.393 e. The molecule has 0 spiro atoms. The van der Waals surface area contributed by atoms with Crippen molar-refractivity contribution in [1.29, 1.82) is 0 Å². The number of nitro benzene ring substituents is 2. The first kappa shape index (κ1) is 19.7. The van der Waals surface area contributed by atoms with Gasteiger partial charge in [0, 0.05) is 25.2 Å². The van der Waals surface area contributed by atoms with Gasteiger partial charge in [0.1, 0.15) is 0 Å². The first-order valence-corrected chi connectivity index (χ1v) is 7.38. The van der Waals surface area contributed by atoms with Crippen molar-refractivity contribution in [3.8, 4) is 0 Å². The van der Waals surface area contributed by atoms with Crippen LogP contribution in [0.2, 0.25) is 0 Å². The number of hydrogen-bond donors (Lipinski definition) is 0. The van der Waals surface area contributed by atoms with E-state index in [1.807, 2.05) is 0 Å². The van der Waals surface area contributed by atoms with E-state index in [9.17, 15) is 33.4 Å². The average molecular weight is 349 g/mol. The molecule has 7 nitrogen and oxygen atoms in total. The molecule has 24 heavy (non-hydrogen) atoms. The monoisotopic (exact) mass is 349 g/mol. The molecule has 0 radical (unpaired) electrons.